The number of benzene rings is 2. The topological polar surface area (TPSA) is 164 Å². The molecule has 4 N–H and O–H groups in total. The predicted molar refractivity (Wildman–Crippen MR) is 169 cm³/mol. The van der Waals surface area contributed by atoms with Crippen molar-refractivity contribution in [3.63, 3.8) is 0 Å². The molecule has 254 valence electrons. The van der Waals surface area contributed by atoms with E-state index in [1.165, 1.54) is 13.2 Å². The van der Waals surface area contributed by atoms with Crippen molar-refractivity contribution in [1.82, 2.24) is 10.2 Å². The van der Waals surface area contributed by atoms with Crippen LogP contribution in [0.15, 0.2) is 18.2 Å². The number of nitrogens with one attached hydrogen (secondary N) is 1. The number of rotatable bonds is 5. The Hall–Kier alpha value is -3.55. The molecule has 2 aliphatic heterocycles. The number of amides is 1. The van der Waals surface area contributed by atoms with Crippen LogP contribution >= 0.6 is 0 Å². The predicted octanol–water partition coefficient (Wildman–Crippen LogP) is 2.48. The van der Waals surface area contributed by atoms with E-state index >= 15 is 0 Å². The third kappa shape index (κ3) is 6.25. The molecule has 7 rings (SSSR count). The maximum atomic E-state index is 13.3. The Bertz CT molecular complexity index is 1540. The molecule has 2 aromatic rings. The first-order chi connectivity index (χ1) is 22.6. The Morgan fingerprint density at radius 1 is 0.957 bits per heavy atom. The molecular weight excluding hydrogens is 608 g/mol. The monoisotopic (exact) mass is 652 g/mol. The van der Waals surface area contributed by atoms with Gasteiger partial charge < -0.3 is 39.6 Å². The molecule has 0 aromatic heterocycles. The quantitative estimate of drug-likeness (QED) is 0.300. The van der Waals surface area contributed by atoms with Gasteiger partial charge in [0.1, 0.15) is 17.2 Å². The third-order valence-electron chi connectivity index (χ3n) is 10.3. The molecule has 47 heavy (non-hydrogen) atoms. The first-order valence-electron chi connectivity index (χ1n) is 16.5. The van der Waals surface area contributed by atoms with Crippen molar-refractivity contribution in [3.8, 4) is 17.2 Å². The van der Waals surface area contributed by atoms with Gasteiger partial charge in [-0.3, -0.25) is 19.3 Å². The van der Waals surface area contributed by atoms with Crippen molar-refractivity contribution in [3.05, 3.63) is 51.6 Å². The average Bonchev–Trinajstić information content (AvgIpc) is 3.07. The van der Waals surface area contributed by atoms with Crippen molar-refractivity contribution >= 4 is 17.5 Å². The average molecular weight is 653 g/mol. The first kappa shape index (κ1) is 33.4. The maximum Gasteiger partial charge on any atom is 0.223 e. The number of carbonyl (C=O) groups is 3. The van der Waals surface area contributed by atoms with Crippen LogP contribution in [0.1, 0.15) is 82.0 Å². The minimum atomic E-state index is -0.553. The zero-order chi connectivity index (χ0) is 33.4. The molecule has 5 unspecified atom stereocenters. The van der Waals surface area contributed by atoms with Gasteiger partial charge in [0.2, 0.25) is 11.7 Å². The summed E-state index contributed by atoms with van der Waals surface area (Å²) in [4.78, 5) is 41.4. The van der Waals surface area contributed by atoms with Crippen LogP contribution in [0.2, 0.25) is 0 Å². The first-order valence-corrected chi connectivity index (χ1v) is 16.5. The van der Waals surface area contributed by atoms with Crippen LogP contribution in [-0.4, -0.2) is 109 Å². The van der Waals surface area contributed by atoms with E-state index in [-0.39, 0.29) is 82.2 Å². The smallest absolute Gasteiger partial charge is 0.223 e. The van der Waals surface area contributed by atoms with Crippen LogP contribution in [0.5, 0.6) is 17.2 Å². The normalized spacial score (nSPS) is 27.4. The highest BCUT2D eigenvalue weighted by atomic mass is 16.7. The summed E-state index contributed by atoms with van der Waals surface area (Å²) >= 11 is 0. The number of morpholine rings is 1. The molecule has 5 aliphatic rings. The standard InChI is InChI=1S/C24H23NO6.C11H21NO4/c1-31-16-7-3-6-14-17(16)23(29)19-18(21(14)27)22(28)15-10-11(8-9-13(15)20(19)26)24(30)25-12-4-2-5-12;1-8-11(13)9(3-5-15-8)12-4-6-16-10(7-12)14-2/h3,6-7,11-12,26,28H,2,4-5,8-10H2,1H3,(H,25,30);8-11,13H,3-7H2,1-2H3. The molecule has 0 radical (unpaired) electrons. The summed E-state index contributed by atoms with van der Waals surface area (Å²) in [5, 5.41) is 35.1. The van der Waals surface area contributed by atoms with E-state index in [9.17, 15) is 29.7 Å². The fourth-order valence-corrected chi connectivity index (χ4v) is 7.34. The number of carbonyl (C=O) groups excluding carboxylic acids is 3. The number of aliphatic hydroxyl groups excluding tert-OH is 1. The number of nitrogens with zero attached hydrogens (tertiary/aromatic N) is 1. The number of hydrogen-bond acceptors (Lipinski definition) is 11. The largest absolute Gasteiger partial charge is 0.507 e. The SMILES string of the molecule is COC1CN(C2CCOC(C)C2O)CCO1.COc1cccc2c1C(=O)c1c(O)c3c(c(O)c1C2=O)CC(C(=O)NC1CCC1)CC3. The molecule has 5 atom stereocenters. The number of phenols is 2. The van der Waals surface area contributed by atoms with E-state index < -0.39 is 17.7 Å². The van der Waals surface area contributed by atoms with E-state index in [4.69, 9.17) is 18.9 Å². The number of hydrogen-bond donors (Lipinski definition) is 4. The van der Waals surface area contributed by atoms with Gasteiger partial charge in [-0.25, -0.2) is 0 Å². The molecule has 1 amide bonds. The molecule has 0 spiro atoms. The van der Waals surface area contributed by atoms with Gasteiger partial charge in [0.25, 0.3) is 0 Å². The summed E-state index contributed by atoms with van der Waals surface area (Å²) in [6.45, 7) is 4.89. The molecular formula is C35H44N2O10. The Balaban J connectivity index is 0.000000203. The minimum absolute atomic E-state index is 0.0653. The fraction of sp³-hybridized carbons (Fsp3) is 0.571. The summed E-state index contributed by atoms with van der Waals surface area (Å²) < 4.78 is 21.3. The number of phenolic OH excluding ortho intramolecular Hbond substituents is 2. The van der Waals surface area contributed by atoms with E-state index in [1.807, 2.05) is 6.92 Å². The molecule has 1 saturated carbocycles. The molecule has 2 saturated heterocycles. The number of ketones is 2. The van der Waals surface area contributed by atoms with Gasteiger partial charge >= 0.3 is 0 Å². The van der Waals surface area contributed by atoms with Gasteiger partial charge in [0, 0.05) is 61.5 Å². The van der Waals surface area contributed by atoms with E-state index in [2.05, 4.69) is 10.2 Å². The number of ether oxygens (including phenoxy) is 4. The summed E-state index contributed by atoms with van der Waals surface area (Å²) in [7, 11) is 3.05. The Kier molecular flexibility index (Phi) is 9.86. The summed E-state index contributed by atoms with van der Waals surface area (Å²) in [6, 6.07) is 5.07. The lowest BCUT2D eigenvalue weighted by Gasteiger charge is -2.43. The molecule has 2 aromatic carbocycles. The van der Waals surface area contributed by atoms with Gasteiger partial charge in [-0.15, -0.1) is 0 Å². The van der Waals surface area contributed by atoms with Crippen LogP contribution in [0.3, 0.4) is 0 Å². The van der Waals surface area contributed by atoms with Crippen LogP contribution < -0.4 is 10.1 Å². The number of fused-ring (bicyclic) bond motifs is 3. The molecule has 12 nitrogen and oxygen atoms in total. The molecule has 2 heterocycles. The number of aromatic hydroxyl groups is 2. The molecule has 0 bridgehead atoms. The number of methoxy groups -OCH3 is 2. The van der Waals surface area contributed by atoms with Crippen molar-refractivity contribution in [1.29, 1.82) is 0 Å². The van der Waals surface area contributed by atoms with Crippen molar-refractivity contribution in [2.45, 2.75) is 82.5 Å². The van der Waals surface area contributed by atoms with Crippen LogP contribution in [0.4, 0.5) is 0 Å². The lowest BCUT2D eigenvalue weighted by atomic mass is 9.75. The van der Waals surface area contributed by atoms with Gasteiger partial charge in [0.05, 0.1) is 42.6 Å². The van der Waals surface area contributed by atoms with E-state index in [0.29, 0.717) is 30.6 Å². The second-order valence-corrected chi connectivity index (χ2v) is 13.0. The highest BCUT2D eigenvalue weighted by Gasteiger charge is 2.41. The zero-order valence-electron chi connectivity index (χ0n) is 27.1. The Morgan fingerprint density at radius 3 is 2.40 bits per heavy atom. The van der Waals surface area contributed by atoms with Crippen LogP contribution in [0.25, 0.3) is 0 Å². The Labute approximate surface area is 273 Å². The van der Waals surface area contributed by atoms with Crippen molar-refractivity contribution < 1.29 is 48.7 Å². The fourth-order valence-electron chi connectivity index (χ4n) is 7.34. The Morgan fingerprint density at radius 2 is 1.70 bits per heavy atom. The maximum absolute atomic E-state index is 13.3. The van der Waals surface area contributed by atoms with Gasteiger partial charge in [0.15, 0.2) is 12.1 Å². The minimum Gasteiger partial charge on any atom is -0.507 e. The lowest BCUT2D eigenvalue weighted by Crippen LogP contribution is -2.57. The molecule has 12 heteroatoms. The second kappa shape index (κ2) is 13.9. The summed E-state index contributed by atoms with van der Waals surface area (Å²) in [5.74, 6) is -1.86. The second-order valence-electron chi connectivity index (χ2n) is 13.0. The van der Waals surface area contributed by atoms with E-state index in [1.54, 1.807) is 19.2 Å². The molecule has 3 aliphatic carbocycles. The van der Waals surface area contributed by atoms with Gasteiger partial charge in [-0.1, -0.05) is 12.1 Å². The zero-order valence-corrected chi connectivity index (χ0v) is 27.1. The van der Waals surface area contributed by atoms with Crippen LogP contribution in [0, 0.1) is 5.92 Å². The highest BCUT2D eigenvalue weighted by molar-refractivity contribution is 6.31. The van der Waals surface area contributed by atoms with Gasteiger partial charge in [-0.05, 0) is 57.9 Å². The van der Waals surface area contributed by atoms with Crippen molar-refractivity contribution in [2.24, 2.45) is 5.92 Å². The summed E-state index contributed by atoms with van der Waals surface area (Å²) in [5.41, 5.74) is 0.650. The van der Waals surface area contributed by atoms with Gasteiger partial charge in [-0.2, -0.15) is 0 Å². The van der Waals surface area contributed by atoms with Crippen LogP contribution in [-0.2, 0) is 31.8 Å². The lowest BCUT2D eigenvalue weighted by molar-refractivity contribution is -0.190. The van der Waals surface area contributed by atoms with E-state index in [0.717, 1.165) is 45.4 Å². The molecule has 3 fully saturated rings. The highest BCUT2D eigenvalue weighted by Crippen LogP contribution is 2.47. The summed E-state index contributed by atoms with van der Waals surface area (Å²) in [6.07, 6.45) is 4.34. The number of aliphatic hydroxyl groups is 1. The van der Waals surface area contributed by atoms with Crippen molar-refractivity contribution in [2.75, 3.05) is 40.5 Å². The third-order valence-corrected chi connectivity index (χ3v) is 10.3.